The third-order valence-electron chi connectivity index (χ3n) is 2.53. The smallest absolute Gasteiger partial charge is 0.144 e. The number of aromatic amines is 1. The molecule has 0 atom stereocenters. The lowest BCUT2D eigenvalue weighted by Gasteiger charge is -2.11. The molecule has 4 N–H and O–H groups in total. The minimum atomic E-state index is 0.664. The molecule has 0 aliphatic rings. The van der Waals surface area contributed by atoms with E-state index in [9.17, 15) is 0 Å². The van der Waals surface area contributed by atoms with Crippen LogP contribution in [0.3, 0.4) is 0 Å². The second-order valence-electron chi connectivity index (χ2n) is 4.06. The van der Waals surface area contributed by atoms with Crippen molar-refractivity contribution in [1.29, 1.82) is 0 Å². The van der Waals surface area contributed by atoms with Gasteiger partial charge in [0.05, 0.1) is 18.5 Å². The Morgan fingerprint density at radius 2 is 2.33 bits per heavy atom. The van der Waals surface area contributed by atoms with Crippen LogP contribution in [-0.4, -0.2) is 16.8 Å². The van der Waals surface area contributed by atoms with Crippen molar-refractivity contribution in [2.75, 3.05) is 17.7 Å². The minimum Gasteiger partial charge on any atom is -0.491 e. The van der Waals surface area contributed by atoms with E-state index in [0.717, 1.165) is 23.4 Å². The van der Waals surface area contributed by atoms with Crippen LogP contribution in [0.2, 0.25) is 0 Å². The highest BCUT2D eigenvalue weighted by molar-refractivity contribution is 5.61. The zero-order valence-electron chi connectivity index (χ0n) is 10.4. The monoisotopic (exact) mass is 246 g/mol. The summed E-state index contributed by atoms with van der Waals surface area (Å²) in [6.07, 6.45) is 4.61. The number of hydrogen-bond acceptors (Lipinski definition) is 4. The quantitative estimate of drug-likeness (QED) is 0.684. The Bertz CT molecular complexity index is 482. The van der Waals surface area contributed by atoms with Crippen LogP contribution in [0.1, 0.15) is 18.9 Å². The average Bonchev–Trinajstić information content (AvgIpc) is 2.89. The van der Waals surface area contributed by atoms with Gasteiger partial charge in [-0.25, -0.2) is 0 Å². The van der Waals surface area contributed by atoms with Gasteiger partial charge in [-0.2, -0.15) is 5.10 Å². The van der Waals surface area contributed by atoms with Crippen LogP contribution in [0.4, 0.5) is 11.4 Å². The van der Waals surface area contributed by atoms with Crippen molar-refractivity contribution in [2.24, 2.45) is 0 Å². The number of ether oxygens (including phenoxy) is 1. The fourth-order valence-electron chi connectivity index (χ4n) is 1.56. The van der Waals surface area contributed by atoms with Crippen LogP contribution in [0.25, 0.3) is 0 Å². The Morgan fingerprint density at radius 3 is 3.06 bits per heavy atom. The average molecular weight is 246 g/mol. The summed E-state index contributed by atoms with van der Waals surface area (Å²) in [5, 5.41) is 9.97. The van der Waals surface area contributed by atoms with Gasteiger partial charge in [-0.1, -0.05) is 6.92 Å². The molecule has 1 aromatic heterocycles. The SMILES string of the molecule is CCCOc1cc(NCc2cn[nH]c2)ccc1N. The molecule has 0 aliphatic heterocycles. The van der Waals surface area contributed by atoms with Crippen molar-refractivity contribution in [3.05, 3.63) is 36.2 Å². The Morgan fingerprint density at radius 1 is 1.44 bits per heavy atom. The standard InChI is InChI=1S/C13H18N4O/c1-2-5-18-13-6-11(3-4-12(13)14)15-7-10-8-16-17-9-10/h3-4,6,8-9,15H,2,5,7,14H2,1H3,(H,16,17). The van der Waals surface area contributed by atoms with Crippen LogP contribution in [0.15, 0.2) is 30.6 Å². The lowest BCUT2D eigenvalue weighted by atomic mass is 10.2. The molecule has 2 rings (SSSR count). The predicted molar refractivity (Wildman–Crippen MR) is 72.6 cm³/mol. The number of benzene rings is 1. The largest absolute Gasteiger partial charge is 0.491 e. The number of aromatic nitrogens is 2. The van der Waals surface area contributed by atoms with Gasteiger partial charge in [0.25, 0.3) is 0 Å². The molecule has 2 aromatic rings. The number of H-pyrrole nitrogens is 1. The van der Waals surface area contributed by atoms with Gasteiger partial charge in [0, 0.05) is 30.1 Å². The maximum Gasteiger partial charge on any atom is 0.144 e. The van der Waals surface area contributed by atoms with Crippen LogP contribution in [-0.2, 0) is 6.54 Å². The summed E-state index contributed by atoms with van der Waals surface area (Å²) in [6, 6.07) is 5.71. The predicted octanol–water partition coefficient (Wildman–Crippen LogP) is 2.39. The van der Waals surface area contributed by atoms with Gasteiger partial charge in [-0.05, 0) is 18.6 Å². The molecule has 0 saturated carbocycles. The number of anilines is 2. The van der Waals surface area contributed by atoms with E-state index in [1.807, 2.05) is 24.4 Å². The van der Waals surface area contributed by atoms with Gasteiger partial charge in [0.15, 0.2) is 0 Å². The van der Waals surface area contributed by atoms with E-state index in [1.54, 1.807) is 6.20 Å². The summed E-state index contributed by atoms with van der Waals surface area (Å²) >= 11 is 0. The highest BCUT2D eigenvalue weighted by Crippen LogP contribution is 2.25. The summed E-state index contributed by atoms with van der Waals surface area (Å²) in [4.78, 5) is 0. The first kappa shape index (κ1) is 12.3. The van der Waals surface area contributed by atoms with Crippen LogP contribution in [0.5, 0.6) is 5.75 Å². The van der Waals surface area contributed by atoms with Gasteiger partial charge in [0.1, 0.15) is 5.75 Å². The molecule has 1 aromatic carbocycles. The Labute approximate surface area is 106 Å². The summed E-state index contributed by atoms with van der Waals surface area (Å²) in [5.41, 5.74) is 8.60. The fourth-order valence-corrected chi connectivity index (χ4v) is 1.56. The molecule has 1 heterocycles. The Hall–Kier alpha value is -2.17. The van der Waals surface area contributed by atoms with Crippen molar-refractivity contribution >= 4 is 11.4 Å². The number of nitrogens with one attached hydrogen (secondary N) is 2. The molecular formula is C13H18N4O. The van der Waals surface area contributed by atoms with Crippen LogP contribution >= 0.6 is 0 Å². The van der Waals surface area contributed by atoms with Gasteiger partial charge in [-0.3, -0.25) is 5.10 Å². The third kappa shape index (κ3) is 3.16. The van der Waals surface area contributed by atoms with E-state index in [1.165, 1.54) is 0 Å². The maximum absolute atomic E-state index is 5.85. The molecule has 96 valence electrons. The van der Waals surface area contributed by atoms with Crippen molar-refractivity contribution in [3.63, 3.8) is 0 Å². The molecular weight excluding hydrogens is 228 g/mol. The van der Waals surface area contributed by atoms with E-state index in [0.29, 0.717) is 18.8 Å². The molecule has 0 unspecified atom stereocenters. The number of hydrogen-bond donors (Lipinski definition) is 3. The first-order valence-corrected chi connectivity index (χ1v) is 6.03. The molecule has 0 amide bonds. The Balaban J connectivity index is 2.00. The lowest BCUT2D eigenvalue weighted by Crippen LogP contribution is -2.02. The highest BCUT2D eigenvalue weighted by atomic mass is 16.5. The molecule has 5 heteroatoms. The van der Waals surface area contributed by atoms with E-state index in [2.05, 4.69) is 22.4 Å². The third-order valence-corrected chi connectivity index (χ3v) is 2.53. The number of nitrogens with zero attached hydrogens (tertiary/aromatic N) is 1. The molecule has 5 nitrogen and oxygen atoms in total. The first-order chi connectivity index (χ1) is 8.79. The van der Waals surface area contributed by atoms with Crippen LogP contribution < -0.4 is 15.8 Å². The van der Waals surface area contributed by atoms with Crippen molar-refractivity contribution in [2.45, 2.75) is 19.9 Å². The summed E-state index contributed by atoms with van der Waals surface area (Å²) in [7, 11) is 0. The fraction of sp³-hybridized carbons (Fsp3) is 0.308. The maximum atomic E-state index is 5.85. The van der Waals surface area contributed by atoms with Gasteiger partial charge < -0.3 is 15.8 Å². The van der Waals surface area contributed by atoms with E-state index < -0.39 is 0 Å². The van der Waals surface area contributed by atoms with Gasteiger partial charge in [-0.15, -0.1) is 0 Å². The van der Waals surface area contributed by atoms with Crippen molar-refractivity contribution < 1.29 is 4.74 Å². The number of rotatable bonds is 6. The Kier molecular flexibility index (Phi) is 4.06. The zero-order chi connectivity index (χ0) is 12.8. The minimum absolute atomic E-state index is 0.664. The molecule has 0 bridgehead atoms. The van der Waals surface area contributed by atoms with Gasteiger partial charge in [0.2, 0.25) is 0 Å². The lowest BCUT2D eigenvalue weighted by molar-refractivity contribution is 0.319. The topological polar surface area (TPSA) is 76.0 Å². The molecule has 0 radical (unpaired) electrons. The van der Waals surface area contributed by atoms with Crippen molar-refractivity contribution in [1.82, 2.24) is 10.2 Å². The molecule has 0 aliphatic carbocycles. The molecule has 0 saturated heterocycles. The number of nitrogen functional groups attached to an aromatic ring is 1. The van der Waals surface area contributed by atoms with E-state index in [-0.39, 0.29) is 0 Å². The van der Waals surface area contributed by atoms with E-state index in [4.69, 9.17) is 10.5 Å². The molecule has 0 fully saturated rings. The zero-order valence-corrected chi connectivity index (χ0v) is 10.4. The summed E-state index contributed by atoms with van der Waals surface area (Å²) < 4.78 is 5.58. The van der Waals surface area contributed by atoms with Gasteiger partial charge >= 0.3 is 0 Å². The highest BCUT2D eigenvalue weighted by Gasteiger charge is 2.02. The molecule has 0 spiro atoms. The van der Waals surface area contributed by atoms with E-state index >= 15 is 0 Å². The van der Waals surface area contributed by atoms with Crippen LogP contribution in [0, 0.1) is 0 Å². The normalized spacial score (nSPS) is 10.3. The first-order valence-electron chi connectivity index (χ1n) is 6.03. The molecule has 18 heavy (non-hydrogen) atoms. The summed E-state index contributed by atoms with van der Waals surface area (Å²) in [6.45, 7) is 3.46. The summed E-state index contributed by atoms with van der Waals surface area (Å²) in [5.74, 6) is 0.731. The number of nitrogens with two attached hydrogens (primary N) is 1. The second kappa shape index (κ2) is 5.95. The van der Waals surface area contributed by atoms with Crippen molar-refractivity contribution in [3.8, 4) is 5.75 Å². The second-order valence-corrected chi connectivity index (χ2v) is 4.06.